The van der Waals surface area contributed by atoms with Gasteiger partial charge in [0.1, 0.15) is 5.82 Å². The van der Waals surface area contributed by atoms with E-state index < -0.39 is 10.0 Å². The van der Waals surface area contributed by atoms with Crippen molar-refractivity contribution in [3.63, 3.8) is 0 Å². The van der Waals surface area contributed by atoms with Crippen LogP contribution in [-0.4, -0.2) is 24.2 Å². The first-order valence-electron chi connectivity index (χ1n) is 6.79. The maximum atomic E-state index is 11.2. The fraction of sp³-hybridized carbons (Fsp3) is 0.357. The van der Waals surface area contributed by atoms with Crippen LogP contribution < -0.4 is 10.0 Å². The van der Waals surface area contributed by atoms with Crippen molar-refractivity contribution in [1.82, 2.24) is 9.55 Å². The summed E-state index contributed by atoms with van der Waals surface area (Å²) in [6.45, 7) is 3.65. The Balaban J connectivity index is 2.03. The molecule has 0 aliphatic carbocycles. The Morgan fingerprint density at radius 2 is 2.05 bits per heavy atom. The summed E-state index contributed by atoms with van der Waals surface area (Å²) >= 11 is 0. The van der Waals surface area contributed by atoms with E-state index in [-0.39, 0.29) is 0 Å². The summed E-state index contributed by atoms with van der Waals surface area (Å²) in [6.07, 6.45) is 5.93. The average molecular weight is 308 g/mol. The largest absolute Gasteiger partial charge is 0.378 e. The molecule has 0 aliphatic rings. The average Bonchev–Trinajstić information content (AvgIpc) is 2.83. The molecule has 7 heteroatoms. The maximum Gasteiger partial charge on any atom is 0.229 e. The van der Waals surface area contributed by atoms with Crippen molar-refractivity contribution in [3.8, 4) is 0 Å². The molecule has 0 saturated heterocycles. The topological polar surface area (TPSA) is 76.0 Å². The van der Waals surface area contributed by atoms with E-state index in [9.17, 15) is 8.42 Å². The standard InChI is InChI=1S/C14H20N4O2S/c1-3-8-18-9-7-15-14(18)11-16-12-5-4-6-13(10-12)17-21(2,19)20/h4-7,9-10,16-17H,3,8,11H2,1-2H3. The highest BCUT2D eigenvalue weighted by Crippen LogP contribution is 2.16. The number of rotatable bonds is 7. The van der Waals surface area contributed by atoms with Gasteiger partial charge in [-0.05, 0) is 24.6 Å². The summed E-state index contributed by atoms with van der Waals surface area (Å²) in [7, 11) is -3.26. The van der Waals surface area contributed by atoms with E-state index in [1.54, 1.807) is 24.4 Å². The Labute approximate surface area is 125 Å². The SMILES string of the molecule is CCCn1ccnc1CNc1cccc(NS(C)(=O)=O)c1. The van der Waals surface area contributed by atoms with Gasteiger partial charge in [-0.15, -0.1) is 0 Å². The summed E-state index contributed by atoms with van der Waals surface area (Å²) in [6, 6.07) is 7.16. The zero-order valence-corrected chi connectivity index (χ0v) is 13.0. The molecule has 0 radical (unpaired) electrons. The smallest absolute Gasteiger partial charge is 0.229 e. The highest BCUT2D eigenvalue weighted by atomic mass is 32.2. The Kier molecular flexibility index (Phi) is 4.85. The molecule has 1 aromatic carbocycles. The molecule has 1 aromatic heterocycles. The minimum Gasteiger partial charge on any atom is -0.378 e. The number of sulfonamides is 1. The quantitative estimate of drug-likeness (QED) is 0.823. The first kappa shape index (κ1) is 15.4. The van der Waals surface area contributed by atoms with Gasteiger partial charge in [0, 0.05) is 24.6 Å². The molecule has 2 rings (SSSR count). The number of benzene rings is 1. The molecule has 1 heterocycles. The van der Waals surface area contributed by atoms with E-state index in [1.165, 1.54) is 0 Å². The number of hydrogen-bond acceptors (Lipinski definition) is 4. The predicted octanol–water partition coefficient (Wildman–Crippen LogP) is 2.28. The molecule has 2 N–H and O–H groups in total. The predicted molar refractivity (Wildman–Crippen MR) is 84.8 cm³/mol. The lowest BCUT2D eigenvalue weighted by atomic mass is 10.3. The van der Waals surface area contributed by atoms with Crippen LogP contribution in [0.4, 0.5) is 11.4 Å². The van der Waals surface area contributed by atoms with E-state index in [1.807, 2.05) is 12.3 Å². The lowest BCUT2D eigenvalue weighted by Crippen LogP contribution is -2.10. The third-order valence-electron chi connectivity index (χ3n) is 2.88. The summed E-state index contributed by atoms with van der Waals surface area (Å²) in [5.41, 5.74) is 1.38. The molecule has 0 atom stereocenters. The zero-order chi connectivity index (χ0) is 15.3. The van der Waals surface area contributed by atoms with Crippen LogP contribution in [0.15, 0.2) is 36.7 Å². The number of aryl methyl sites for hydroxylation is 1. The van der Waals surface area contributed by atoms with Crippen molar-refractivity contribution in [3.05, 3.63) is 42.5 Å². The first-order chi connectivity index (χ1) is 9.98. The number of imidazole rings is 1. The number of aromatic nitrogens is 2. The number of hydrogen-bond donors (Lipinski definition) is 2. The third-order valence-corrected chi connectivity index (χ3v) is 3.49. The van der Waals surface area contributed by atoms with Crippen molar-refractivity contribution in [2.24, 2.45) is 0 Å². The van der Waals surface area contributed by atoms with Crippen molar-refractivity contribution in [1.29, 1.82) is 0 Å². The van der Waals surface area contributed by atoms with Gasteiger partial charge in [0.15, 0.2) is 0 Å². The van der Waals surface area contributed by atoms with Gasteiger partial charge in [-0.25, -0.2) is 13.4 Å². The second-order valence-corrected chi connectivity index (χ2v) is 6.59. The van der Waals surface area contributed by atoms with Crippen molar-refractivity contribution < 1.29 is 8.42 Å². The van der Waals surface area contributed by atoms with Crippen LogP contribution in [0.5, 0.6) is 0 Å². The third kappa shape index (κ3) is 4.78. The highest BCUT2D eigenvalue weighted by molar-refractivity contribution is 7.92. The van der Waals surface area contributed by atoms with E-state index in [2.05, 4.69) is 26.5 Å². The Morgan fingerprint density at radius 1 is 1.29 bits per heavy atom. The molecule has 114 valence electrons. The summed E-state index contributed by atoms with van der Waals surface area (Å²) < 4.78 is 27.0. The molecule has 0 unspecified atom stereocenters. The van der Waals surface area contributed by atoms with E-state index >= 15 is 0 Å². The van der Waals surface area contributed by atoms with Crippen LogP contribution in [0.3, 0.4) is 0 Å². The highest BCUT2D eigenvalue weighted by Gasteiger charge is 2.04. The van der Waals surface area contributed by atoms with Gasteiger partial charge in [0.25, 0.3) is 0 Å². The molecular formula is C14H20N4O2S. The Hall–Kier alpha value is -2.02. The molecule has 0 amide bonds. The molecule has 0 bridgehead atoms. The summed E-state index contributed by atoms with van der Waals surface area (Å²) in [4.78, 5) is 4.32. The number of nitrogens with zero attached hydrogens (tertiary/aromatic N) is 2. The summed E-state index contributed by atoms with van der Waals surface area (Å²) in [5, 5.41) is 3.25. The molecule has 21 heavy (non-hydrogen) atoms. The molecule has 6 nitrogen and oxygen atoms in total. The summed E-state index contributed by atoms with van der Waals surface area (Å²) in [5.74, 6) is 0.957. The van der Waals surface area contributed by atoms with Gasteiger partial charge < -0.3 is 9.88 Å². The van der Waals surface area contributed by atoms with Gasteiger partial charge in [0.05, 0.1) is 18.5 Å². The molecule has 0 saturated carbocycles. The molecule has 0 aliphatic heterocycles. The number of anilines is 2. The van der Waals surface area contributed by atoms with Crippen LogP contribution in [0, 0.1) is 0 Å². The van der Waals surface area contributed by atoms with Gasteiger partial charge in [-0.3, -0.25) is 4.72 Å². The minimum absolute atomic E-state index is 0.541. The second kappa shape index (κ2) is 6.62. The van der Waals surface area contributed by atoms with E-state index in [4.69, 9.17) is 0 Å². The monoisotopic (exact) mass is 308 g/mol. The molecule has 0 fully saturated rings. The normalized spacial score (nSPS) is 11.3. The molecule has 0 spiro atoms. The lowest BCUT2D eigenvalue weighted by molar-refractivity contribution is 0.607. The van der Waals surface area contributed by atoms with Crippen molar-refractivity contribution in [2.75, 3.05) is 16.3 Å². The zero-order valence-electron chi connectivity index (χ0n) is 12.2. The van der Waals surface area contributed by atoms with Gasteiger partial charge in [-0.2, -0.15) is 0 Å². The molecule has 2 aromatic rings. The number of nitrogens with one attached hydrogen (secondary N) is 2. The minimum atomic E-state index is -3.26. The maximum absolute atomic E-state index is 11.2. The first-order valence-corrected chi connectivity index (χ1v) is 8.69. The van der Waals surface area contributed by atoms with Crippen LogP contribution in [0.2, 0.25) is 0 Å². The second-order valence-electron chi connectivity index (χ2n) is 4.85. The van der Waals surface area contributed by atoms with Crippen LogP contribution in [0.1, 0.15) is 19.2 Å². The Bertz CT molecular complexity index is 695. The van der Waals surface area contributed by atoms with Crippen molar-refractivity contribution in [2.45, 2.75) is 26.4 Å². The van der Waals surface area contributed by atoms with Crippen molar-refractivity contribution >= 4 is 21.4 Å². The fourth-order valence-electron chi connectivity index (χ4n) is 2.04. The van der Waals surface area contributed by atoms with E-state index in [0.29, 0.717) is 12.2 Å². The van der Waals surface area contributed by atoms with Crippen LogP contribution >= 0.6 is 0 Å². The van der Waals surface area contributed by atoms with Gasteiger partial charge in [0.2, 0.25) is 10.0 Å². The van der Waals surface area contributed by atoms with Crippen LogP contribution in [-0.2, 0) is 23.1 Å². The van der Waals surface area contributed by atoms with Gasteiger partial charge in [-0.1, -0.05) is 13.0 Å². The van der Waals surface area contributed by atoms with Crippen LogP contribution in [0.25, 0.3) is 0 Å². The molecular weight excluding hydrogens is 288 g/mol. The Morgan fingerprint density at radius 3 is 2.76 bits per heavy atom. The van der Waals surface area contributed by atoms with Gasteiger partial charge >= 0.3 is 0 Å². The fourth-order valence-corrected chi connectivity index (χ4v) is 2.59. The van der Waals surface area contributed by atoms with E-state index in [0.717, 1.165) is 30.7 Å². The lowest BCUT2D eigenvalue weighted by Gasteiger charge is -2.10.